The molecule has 2 aromatic rings. The van der Waals surface area contributed by atoms with Crippen molar-refractivity contribution in [2.75, 3.05) is 0 Å². The van der Waals surface area contributed by atoms with Crippen molar-refractivity contribution < 1.29 is 19.8 Å². The minimum absolute atomic E-state index is 0.166. The number of aliphatic carboxylic acids is 1. The molecule has 0 aliphatic rings. The van der Waals surface area contributed by atoms with Crippen molar-refractivity contribution in [2.45, 2.75) is 20.3 Å². The zero-order valence-corrected chi connectivity index (χ0v) is 11.5. The van der Waals surface area contributed by atoms with Crippen molar-refractivity contribution in [1.82, 2.24) is 9.55 Å². The topological polar surface area (TPSA) is 92.4 Å². The van der Waals surface area contributed by atoms with Crippen LogP contribution in [0.2, 0.25) is 0 Å². The van der Waals surface area contributed by atoms with Crippen LogP contribution in [-0.2, 0) is 18.3 Å². The van der Waals surface area contributed by atoms with Crippen LogP contribution in [-0.4, -0.2) is 31.7 Å². The Bertz CT molecular complexity index is 701. The number of carbonyl (C=O) groups is 2. The molecule has 1 aromatic heterocycles. The standard InChI is InChI=1S/C14H16N2O4/c1-14(2,13(19)20)7-11-15-9-6-8(12(17)18)4-5-10(9)16(11)3/h4-6H,7H2,1-3H3,(H,17,18)(H,19,20). The summed E-state index contributed by atoms with van der Waals surface area (Å²) in [6.45, 7) is 3.27. The maximum absolute atomic E-state index is 11.2. The van der Waals surface area contributed by atoms with Gasteiger partial charge in [0.15, 0.2) is 0 Å². The summed E-state index contributed by atoms with van der Waals surface area (Å²) in [6.07, 6.45) is 0.274. The van der Waals surface area contributed by atoms with Crippen LogP contribution < -0.4 is 0 Å². The Morgan fingerprint density at radius 1 is 1.30 bits per heavy atom. The molecule has 0 saturated carbocycles. The number of benzene rings is 1. The zero-order chi connectivity index (χ0) is 15.1. The minimum atomic E-state index is -1.01. The number of carboxylic acids is 2. The van der Waals surface area contributed by atoms with Crippen LogP contribution in [0.3, 0.4) is 0 Å². The molecule has 1 heterocycles. The number of aromatic carboxylic acids is 1. The predicted octanol–water partition coefficient (Wildman–Crippen LogP) is 1.92. The molecule has 0 aliphatic heterocycles. The molecule has 1 aromatic carbocycles. The van der Waals surface area contributed by atoms with Gasteiger partial charge < -0.3 is 14.8 Å². The second kappa shape index (κ2) is 4.63. The van der Waals surface area contributed by atoms with Crippen molar-refractivity contribution in [3.8, 4) is 0 Å². The lowest BCUT2D eigenvalue weighted by Gasteiger charge is -2.18. The van der Waals surface area contributed by atoms with Gasteiger partial charge in [0.05, 0.1) is 22.0 Å². The molecule has 2 N–H and O–H groups in total. The molecule has 0 atom stereocenters. The predicted molar refractivity (Wildman–Crippen MR) is 72.8 cm³/mol. The van der Waals surface area contributed by atoms with Crippen molar-refractivity contribution >= 4 is 23.0 Å². The molecule has 0 radical (unpaired) electrons. The number of nitrogens with zero attached hydrogens (tertiary/aromatic N) is 2. The minimum Gasteiger partial charge on any atom is -0.481 e. The van der Waals surface area contributed by atoms with E-state index in [1.807, 2.05) is 0 Å². The Hall–Kier alpha value is -2.37. The third kappa shape index (κ3) is 2.36. The third-order valence-electron chi connectivity index (χ3n) is 3.40. The molecule has 6 nitrogen and oxygen atoms in total. The smallest absolute Gasteiger partial charge is 0.335 e. The molecule has 0 aliphatic carbocycles. The fraction of sp³-hybridized carbons (Fsp3) is 0.357. The van der Waals surface area contributed by atoms with E-state index in [-0.39, 0.29) is 12.0 Å². The molecule has 20 heavy (non-hydrogen) atoms. The van der Waals surface area contributed by atoms with E-state index in [0.717, 1.165) is 5.52 Å². The van der Waals surface area contributed by atoms with Crippen molar-refractivity contribution in [2.24, 2.45) is 12.5 Å². The SMILES string of the molecule is Cn1c(CC(C)(C)C(=O)O)nc2cc(C(=O)O)ccc21. The second-order valence-corrected chi connectivity index (χ2v) is 5.46. The fourth-order valence-electron chi connectivity index (χ4n) is 2.01. The molecule has 0 unspecified atom stereocenters. The number of aryl methyl sites for hydroxylation is 1. The summed E-state index contributed by atoms with van der Waals surface area (Å²) in [5.74, 6) is -1.28. The quantitative estimate of drug-likeness (QED) is 0.890. The van der Waals surface area contributed by atoms with Crippen molar-refractivity contribution in [3.05, 3.63) is 29.6 Å². The van der Waals surface area contributed by atoms with Gasteiger partial charge in [-0.2, -0.15) is 0 Å². The van der Waals surface area contributed by atoms with E-state index in [1.54, 1.807) is 31.5 Å². The van der Waals surface area contributed by atoms with Crippen LogP contribution in [0.5, 0.6) is 0 Å². The molecular formula is C14H16N2O4. The molecule has 6 heteroatoms. The Morgan fingerprint density at radius 2 is 1.95 bits per heavy atom. The lowest BCUT2D eigenvalue weighted by atomic mass is 9.89. The van der Waals surface area contributed by atoms with Crippen molar-refractivity contribution in [3.63, 3.8) is 0 Å². The highest BCUT2D eigenvalue weighted by atomic mass is 16.4. The van der Waals surface area contributed by atoms with E-state index in [0.29, 0.717) is 11.3 Å². The van der Waals surface area contributed by atoms with Gasteiger partial charge in [0.25, 0.3) is 0 Å². The first-order chi connectivity index (χ1) is 9.22. The molecule has 2 rings (SSSR count). The first kappa shape index (κ1) is 14.0. The molecule has 0 spiro atoms. The van der Waals surface area contributed by atoms with Crippen molar-refractivity contribution in [1.29, 1.82) is 0 Å². The summed E-state index contributed by atoms with van der Waals surface area (Å²) in [5.41, 5.74) is 0.583. The van der Waals surface area contributed by atoms with E-state index in [4.69, 9.17) is 5.11 Å². The summed E-state index contributed by atoms with van der Waals surface area (Å²) in [6, 6.07) is 4.69. The third-order valence-corrected chi connectivity index (χ3v) is 3.40. The molecule has 0 fully saturated rings. The van der Waals surface area contributed by atoms with Gasteiger partial charge in [-0.05, 0) is 32.0 Å². The largest absolute Gasteiger partial charge is 0.481 e. The Labute approximate surface area is 115 Å². The van der Waals surface area contributed by atoms with Gasteiger partial charge in [0.2, 0.25) is 0 Å². The molecule has 106 valence electrons. The van der Waals surface area contributed by atoms with Gasteiger partial charge in [0.1, 0.15) is 5.82 Å². The lowest BCUT2D eigenvalue weighted by Crippen LogP contribution is -2.27. The first-order valence-electron chi connectivity index (χ1n) is 6.14. The van der Waals surface area contributed by atoms with E-state index >= 15 is 0 Å². The number of rotatable bonds is 4. The summed E-state index contributed by atoms with van der Waals surface area (Å²) >= 11 is 0. The maximum Gasteiger partial charge on any atom is 0.335 e. The second-order valence-electron chi connectivity index (χ2n) is 5.46. The Kier molecular flexibility index (Phi) is 3.25. The van der Waals surface area contributed by atoms with E-state index in [1.165, 1.54) is 12.1 Å². The highest BCUT2D eigenvalue weighted by molar-refractivity contribution is 5.92. The van der Waals surface area contributed by atoms with Crippen LogP contribution in [0.25, 0.3) is 11.0 Å². The number of carboxylic acid groups (broad SMARTS) is 2. The average Bonchev–Trinajstić information content (AvgIpc) is 2.65. The molecule has 0 bridgehead atoms. The maximum atomic E-state index is 11.2. The number of hydrogen-bond donors (Lipinski definition) is 2. The monoisotopic (exact) mass is 276 g/mol. The van der Waals surface area contributed by atoms with Crippen LogP contribution >= 0.6 is 0 Å². The molecular weight excluding hydrogens is 260 g/mol. The van der Waals surface area contributed by atoms with Crippen LogP contribution in [0.15, 0.2) is 18.2 Å². The van der Waals surface area contributed by atoms with Crippen LogP contribution in [0.1, 0.15) is 30.0 Å². The van der Waals surface area contributed by atoms with E-state index in [2.05, 4.69) is 4.98 Å². The summed E-state index contributed by atoms with van der Waals surface area (Å²) < 4.78 is 1.80. The number of aromatic nitrogens is 2. The number of imidazole rings is 1. The summed E-state index contributed by atoms with van der Waals surface area (Å²) in [4.78, 5) is 26.5. The molecule has 0 saturated heterocycles. The van der Waals surface area contributed by atoms with Gasteiger partial charge in [-0.15, -0.1) is 0 Å². The fourth-order valence-corrected chi connectivity index (χ4v) is 2.01. The summed E-state index contributed by atoms with van der Waals surface area (Å²) in [7, 11) is 1.79. The lowest BCUT2D eigenvalue weighted by molar-refractivity contribution is -0.146. The molecule has 0 amide bonds. The van der Waals surface area contributed by atoms with E-state index in [9.17, 15) is 14.7 Å². The van der Waals surface area contributed by atoms with Gasteiger partial charge in [-0.25, -0.2) is 9.78 Å². The average molecular weight is 276 g/mol. The number of hydrogen-bond acceptors (Lipinski definition) is 3. The Balaban J connectivity index is 2.48. The Morgan fingerprint density at radius 3 is 2.50 bits per heavy atom. The van der Waals surface area contributed by atoms with E-state index < -0.39 is 17.4 Å². The van der Waals surface area contributed by atoms with Gasteiger partial charge in [0, 0.05) is 13.5 Å². The highest BCUT2D eigenvalue weighted by Gasteiger charge is 2.29. The number of fused-ring (bicyclic) bond motifs is 1. The van der Waals surface area contributed by atoms with Gasteiger partial charge >= 0.3 is 11.9 Å². The van der Waals surface area contributed by atoms with Crippen LogP contribution in [0.4, 0.5) is 0 Å². The highest BCUT2D eigenvalue weighted by Crippen LogP contribution is 2.24. The van der Waals surface area contributed by atoms with Gasteiger partial charge in [-0.3, -0.25) is 4.79 Å². The normalized spacial score (nSPS) is 11.8. The first-order valence-corrected chi connectivity index (χ1v) is 6.14. The van der Waals surface area contributed by atoms with Gasteiger partial charge in [-0.1, -0.05) is 0 Å². The zero-order valence-electron chi connectivity index (χ0n) is 11.5. The summed E-state index contributed by atoms with van der Waals surface area (Å²) in [5, 5.41) is 18.1. The van der Waals surface area contributed by atoms with Crippen LogP contribution in [0, 0.1) is 5.41 Å².